The van der Waals surface area contributed by atoms with Crippen LogP contribution in [-0.4, -0.2) is 45.3 Å². The lowest BCUT2D eigenvalue weighted by Crippen LogP contribution is -2.36. The van der Waals surface area contributed by atoms with Gasteiger partial charge in [0.25, 0.3) is 5.91 Å². The van der Waals surface area contributed by atoms with Gasteiger partial charge in [0, 0.05) is 18.7 Å². The molecule has 0 aliphatic carbocycles. The van der Waals surface area contributed by atoms with Crippen LogP contribution in [0.25, 0.3) is 0 Å². The lowest BCUT2D eigenvalue weighted by atomic mass is 9.87. The summed E-state index contributed by atoms with van der Waals surface area (Å²) in [6.45, 7) is 9.10. The van der Waals surface area contributed by atoms with Crippen LogP contribution < -0.4 is 10.2 Å². The molecule has 2 aromatic carbocycles. The number of benzene rings is 2. The Bertz CT molecular complexity index is 879. The number of hydrogen-bond donors (Lipinski definition) is 1. The average Bonchev–Trinajstić information content (AvgIpc) is 2.73. The highest BCUT2D eigenvalue weighted by Gasteiger charge is 2.20. The summed E-state index contributed by atoms with van der Waals surface area (Å²) in [5, 5.41) is 2.97. The van der Waals surface area contributed by atoms with E-state index in [1.165, 1.54) is 7.11 Å². The largest absolute Gasteiger partial charge is 0.465 e. The van der Waals surface area contributed by atoms with Gasteiger partial charge in [-0.3, -0.25) is 4.79 Å². The maximum atomic E-state index is 12.9. The molecule has 0 aromatic heterocycles. The van der Waals surface area contributed by atoms with Crippen LogP contribution in [0.15, 0.2) is 42.5 Å². The SMILES string of the molecule is COC(=O)c1ccc(N2CCOCC2)c(NC(=O)c2ccc(C(C)(C)C)cc2)c1. The van der Waals surface area contributed by atoms with Gasteiger partial charge in [-0.05, 0) is 41.3 Å². The molecule has 1 saturated heterocycles. The first-order valence-electron chi connectivity index (χ1n) is 9.76. The van der Waals surface area contributed by atoms with E-state index < -0.39 is 5.97 Å². The lowest BCUT2D eigenvalue weighted by molar-refractivity contribution is 0.0600. The zero-order valence-corrected chi connectivity index (χ0v) is 17.5. The zero-order chi connectivity index (χ0) is 21.0. The summed E-state index contributed by atoms with van der Waals surface area (Å²) < 4.78 is 10.3. The van der Waals surface area contributed by atoms with Crippen molar-refractivity contribution in [2.75, 3.05) is 43.6 Å². The Kier molecular flexibility index (Phi) is 6.23. The van der Waals surface area contributed by atoms with Crippen LogP contribution in [0.1, 0.15) is 47.1 Å². The molecule has 0 unspecified atom stereocenters. The maximum absolute atomic E-state index is 12.9. The van der Waals surface area contributed by atoms with Gasteiger partial charge in [0.1, 0.15) is 0 Å². The van der Waals surface area contributed by atoms with E-state index in [1.54, 1.807) is 12.1 Å². The van der Waals surface area contributed by atoms with Gasteiger partial charge >= 0.3 is 5.97 Å². The molecular weight excluding hydrogens is 368 g/mol. The molecule has 0 saturated carbocycles. The number of nitrogens with zero attached hydrogens (tertiary/aromatic N) is 1. The summed E-state index contributed by atoms with van der Waals surface area (Å²) in [4.78, 5) is 27.0. The number of methoxy groups -OCH3 is 1. The number of rotatable bonds is 4. The van der Waals surface area contributed by atoms with Crippen molar-refractivity contribution < 1.29 is 19.1 Å². The second kappa shape index (κ2) is 8.66. The highest BCUT2D eigenvalue weighted by atomic mass is 16.5. The van der Waals surface area contributed by atoms with Gasteiger partial charge < -0.3 is 19.7 Å². The van der Waals surface area contributed by atoms with Gasteiger partial charge in [-0.2, -0.15) is 0 Å². The van der Waals surface area contributed by atoms with Crippen LogP contribution in [0.5, 0.6) is 0 Å². The number of carbonyl (C=O) groups excluding carboxylic acids is 2. The van der Waals surface area contributed by atoms with Crippen LogP contribution in [0.4, 0.5) is 11.4 Å². The van der Waals surface area contributed by atoms with E-state index in [-0.39, 0.29) is 11.3 Å². The van der Waals surface area contributed by atoms with Gasteiger partial charge in [0.15, 0.2) is 0 Å². The molecule has 1 N–H and O–H groups in total. The Morgan fingerprint density at radius 2 is 1.62 bits per heavy atom. The second-order valence-electron chi connectivity index (χ2n) is 8.10. The van der Waals surface area contributed by atoms with Crippen molar-refractivity contribution in [2.24, 2.45) is 0 Å². The van der Waals surface area contributed by atoms with E-state index >= 15 is 0 Å². The fraction of sp³-hybridized carbons (Fsp3) is 0.391. The van der Waals surface area contributed by atoms with E-state index in [1.807, 2.05) is 30.3 Å². The molecule has 2 aromatic rings. The molecule has 0 radical (unpaired) electrons. The standard InChI is InChI=1S/C23H28N2O4/c1-23(2,3)18-8-5-16(6-9-18)21(26)24-19-15-17(22(27)28-4)7-10-20(19)25-11-13-29-14-12-25/h5-10,15H,11-14H2,1-4H3,(H,24,26). The number of morpholine rings is 1. The van der Waals surface area contributed by atoms with Gasteiger partial charge in [-0.1, -0.05) is 32.9 Å². The first-order chi connectivity index (χ1) is 13.8. The van der Waals surface area contributed by atoms with Gasteiger partial charge in [-0.15, -0.1) is 0 Å². The molecule has 1 heterocycles. The van der Waals surface area contributed by atoms with Crippen LogP contribution in [-0.2, 0) is 14.9 Å². The van der Waals surface area contributed by atoms with Crippen molar-refractivity contribution in [3.63, 3.8) is 0 Å². The number of nitrogens with one attached hydrogen (secondary N) is 1. The smallest absolute Gasteiger partial charge is 0.337 e. The third-order valence-electron chi connectivity index (χ3n) is 5.03. The summed E-state index contributed by atoms with van der Waals surface area (Å²) in [6, 6.07) is 12.8. The molecule has 0 bridgehead atoms. The van der Waals surface area contributed by atoms with Gasteiger partial charge in [0.2, 0.25) is 0 Å². The minimum Gasteiger partial charge on any atom is -0.465 e. The molecule has 1 fully saturated rings. The number of hydrogen-bond acceptors (Lipinski definition) is 5. The van der Waals surface area contributed by atoms with Crippen molar-refractivity contribution in [3.05, 3.63) is 59.2 Å². The molecule has 1 amide bonds. The van der Waals surface area contributed by atoms with Gasteiger partial charge in [0.05, 0.1) is 37.3 Å². The van der Waals surface area contributed by atoms with Crippen LogP contribution in [0, 0.1) is 0 Å². The first kappa shape index (κ1) is 20.9. The highest BCUT2D eigenvalue weighted by Crippen LogP contribution is 2.29. The second-order valence-corrected chi connectivity index (χ2v) is 8.10. The van der Waals surface area contributed by atoms with Crippen molar-refractivity contribution in [1.82, 2.24) is 0 Å². The number of esters is 1. The van der Waals surface area contributed by atoms with Crippen LogP contribution in [0.3, 0.4) is 0 Å². The Labute approximate surface area is 171 Å². The van der Waals surface area contributed by atoms with Crippen LogP contribution >= 0.6 is 0 Å². The topological polar surface area (TPSA) is 67.9 Å². The minimum absolute atomic E-state index is 0.0212. The number of anilines is 2. The molecule has 154 valence electrons. The van der Waals surface area contributed by atoms with Crippen molar-refractivity contribution in [1.29, 1.82) is 0 Å². The minimum atomic E-state index is -0.441. The molecule has 0 spiro atoms. The van der Waals surface area contributed by atoms with E-state index in [0.29, 0.717) is 30.0 Å². The number of ether oxygens (including phenoxy) is 2. The summed E-state index contributed by atoms with van der Waals surface area (Å²) in [7, 11) is 1.34. The Balaban J connectivity index is 1.88. The highest BCUT2D eigenvalue weighted by molar-refractivity contribution is 6.06. The van der Waals surface area contributed by atoms with E-state index in [2.05, 4.69) is 31.0 Å². The van der Waals surface area contributed by atoms with E-state index in [9.17, 15) is 9.59 Å². The summed E-state index contributed by atoms with van der Waals surface area (Å²) >= 11 is 0. The van der Waals surface area contributed by atoms with Crippen molar-refractivity contribution in [2.45, 2.75) is 26.2 Å². The third kappa shape index (κ3) is 4.95. The Morgan fingerprint density at radius 3 is 2.21 bits per heavy atom. The number of amides is 1. The van der Waals surface area contributed by atoms with E-state index in [0.717, 1.165) is 24.3 Å². The zero-order valence-electron chi connectivity index (χ0n) is 17.5. The molecule has 6 heteroatoms. The van der Waals surface area contributed by atoms with Crippen molar-refractivity contribution >= 4 is 23.3 Å². The molecular formula is C23H28N2O4. The van der Waals surface area contributed by atoms with Crippen LogP contribution in [0.2, 0.25) is 0 Å². The predicted molar refractivity (Wildman–Crippen MR) is 114 cm³/mol. The normalized spacial score (nSPS) is 14.4. The fourth-order valence-electron chi connectivity index (χ4n) is 3.28. The number of carbonyl (C=O) groups is 2. The molecule has 6 nitrogen and oxygen atoms in total. The fourth-order valence-corrected chi connectivity index (χ4v) is 3.28. The van der Waals surface area contributed by atoms with Crippen molar-refractivity contribution in [3.8, 4) is 0 Å². The summed E-state index contributed by atoms with van der Waals surface area (Å²) in [5.74, 6) is -0.662. The first-order valence-corrected chi connectivity index (χ1v) is 9.76. The Morgan fingerprint density at radius 1 is 1.00 bits per heavy atom. The Hall–Kier alpha value is -2.86. The average molecular weight is 396 g/mol. The molecule has 1 aliphatic heterocycles. The predicted octanol–water partition coefficient (Wildman–Crippen LogP) is 3.86. The van der Waals surface area contributed by atoms with E-state index in [4.69, 9.17) is 9.47 Å². The third-order valence-corrected chi connectivity index (χ3v) is 5.03. The molecule has 29 heavy (non-hydrogen) atoms. The lowest BCUT2D eigenvalue weighted by Gasteiger charge is -2.30. The molecule has 1 aliphatic rings. The van der Waals surface area contributed by atoms with Gasteiger partial charge in [-0.25, -0.2) is 4.79 Å². The summed E-state index contributed by atoms with van der Waals surface area (Å²) in [6.07, 6.45) is 0. The quantitative estimate of drug-likeness (QED) is 0.795. The monoisotopic (exact) mass is 396 g/mol. The maximum Gasteiger partial charge on any atom is 0.337 e. The molecule has 3 rings (SSSR count). The summed E-state index contributed by atoms with van der Waals surface area (Å²) in [5.41, 5.74) is 3.58. The molecule has 0 atom stereocenters.